The average molecular weight is 554 g/mol. The summed E-state index contributed by atoms with van der Waals surface area (Å²) in [6, 6.07) is 19.4. The number of hydrogen-bond donors (Lipinski definition) is 3. The van der Waals surface area contributed by atoms with Crippen LogP contribution in [0.15, 0.2) is 65.1 Å². The zero-order chi connectivity index (χ0) is 28.8. The molecule has 0 unspecified atom stereocenters. The van der Waals surface area contributed by atoms with Gasteiger partial charge in [-0.2, -0.15) is 0 Å². The summed E-state index contributed by atoms with van der Waals surface area (Å²) >= 11 is 0. The Bertz CT molecular complexity index is 1670. The smallest absolute Gasteiger partial charge is 0.247 e. The van der Waals surface area contributed by atoms with Crippen LogP contribution in [0.25, 0.3) is 33.1 Å². The Hall–Kier alpha value is -4.66. The Kier molecular flexibility index (Phi) is 8.62. The van der Waals surface area contributed by atoms with Crippen molar-refractivity contribution in [1.29, 1.82) is 0 Å². The van der Waals surface area contributed by atoms with Gasteiger partial charge in [0.05, 0.1) is 13.5 Å². The third kappa shape index (κ3) is 6.57. The fraction of sp³-hybridized carbons (Fsp3) is 0.312. The summed E-state index contributed by atoms with van der Waals surface area (Å²) in [4.78, 5) is 28.3. The van der Waals surface area contributed by atoms with Gasteiger partial charge in [-0.25, -0.2) is 0 Å². The Morgan fingerprint density at radius 3 is 2.61 bits per heavy atom. The molecule has 5 aromatic rings. The second-order valence-corrected chi connectivity index (χ2v) is 10.2. The molecule has 212 valence electrons. The fourth-order valence-electron chi connectivity index (χ4n) is 5.13. The monoisotopic (exact) mass is 553 g/mol. The standard InChI is InChI=1S/C32H35N5O4/c1-20-25(26-18-24(40-3)15-16-27(26)34-20)19-30(39)35-28(11-5-4-6-12-29(38)33-2)32-37-36-31(41-32)23-14-13-21-9-7-8-10-22(21)17-23/h7-10,13-18,28,34H,4-6,11-12,19H2,1-3H3,(H,33,38)(H,35,39)/t28-/m0/s1. The number of unbranched alkanes of at least 4 members (excludes halogenated alkanes) is 2. The van der Waals surface area contributed by atoms with Gasteiger partial charge in [-0.15, -0.1) is 10.2 Å². The second-order valence-electron chi connectivity index (χ2n) is 10.2. The average Bonchev–Trinajstić information content (AvgIpc) is 3.60. The molecule has 0 saturated heterocycles. The molecule has 3 N–H and O–H groups in total. The van der Waals surface area contributed by atoms with E-state index >= 15 is 0 Å². The molecule has 2 aromatic heterocycles. The molecule has 0 fully saturated rings. The molecular formula is C32H35N5O4. The van der Waals surface area contributed by atoms with Crippen LogP contribution >= 0.6 is 0 Å². The summed E-state index contributed by atoms with van der Waals surface area (Å²) in [7, 11) is 3.27. The quantitative estimate of drug-likeness (QED) is 0.168. The van der Waals surface area contributed by atoms with Gasteiger partial charge >= 0.3 is 0 Å². The highest BCUT2D eigenvalue weighted by Gasteiger charge is 2.23. The number of ether oxygens (including phenoxy) is 1. The summed E-state index contributed by atoms with van der Waals surface area (Å²) in [5, 5.41) is 17.6. The van der Waals surface area contributed by atoms with Crippen LogP contribution in [-0.2, 0) is 16.0 Å². The molecule has 0 aliphatic rings. The molecule has 0 spiro atoms. The number of H-pyrrole nitrogens is 1. The molecule has 5 rings (SSSR count). The van der Waals surface area contributed by atoms with Gasteiger partial charge in [0, 0.05) is 35.6 Å². The van der Waals surface area contributed by atoms with Crippen molar-refractivity contribution in [3.05, 3.63) is 77.8 Å². The Balaban J connectivity index is 1.34. The lowest BCUT2D eigenvalue weighted by Crippen LogP contribution is -2.30. The van der Waals surface area contributed by atoms with Crippen LogP contribution in [0.5, 0.6) is 5.75 Å². The van der Waals surface area contributed by atoms with Crippen molar-refractivity contribution >= 4 is 33.5 Å². The number of aromatic nitrogens is 3. The normalized spacial score (nSPS) is 12.0. The number of fused-ring (bicyclic) bond motifs is 2. The Labute approximate surface area is 238 Å². The molecule has 3 aromatic carbocycles. The van der Waals surface area contributed by atoms with E-state index in [1.807, 2.05) is 61.5 Å². The van der Waals surface area contributed by atoms with Crippen molar-refractivity contribution in [3.8, 4) is 17.2 Å². The largest absolute Gasteiger partial charge is 0.497 e. The van der Waals surface area contributed by atoms with E-state index in [2.05, 4.69) is 31.9 Å². The Morgan fingerprint density at radius 2 is 1.80 bits per heavy atom. The number of amides is 2. The molecule has 0 aliphatic heterocycles. The number of nitrogens with one attached hydrogen (secondary N) is 3. The lowest BCUT2D eigenvalue weighted by atomic mass is 10.0. The Morgan fingerprint density at radius 1 is 0.976 bits per heavy atom. The fourth-order valence-corrected chi connectivity index (χ4v) is 5.13. The molecule has 41 heavy (non-hydrogen) atoms. The van der Waals surface area contributed by atoms with Crippen LogP contribution in [0.1, 0.15) is 55.3 Å². The summed E-state index contributed by atoms with van der Waals surface area (Å²) in [5.41, 5.74) is 3.63. The molecule has 0 radical (unpaired) electrons. The van der Waals surface area contributed by atoms with Gasteiger partial charge in [-0.3, -0.25) is 9.59 Å². The first-order valence-electron chi connectivity index (χ1n) is 13.9. The minimum absolute atomic E-state index is 0.0255. The van der Waals surface area contributed by atoms with Crippen LogP contribution in [0.3, 0.4) is 0 Å². The minimum atomic E-state index is -0.454. The SMILES string of the molecule is CNC(=O)CCCCC[C@H](NC(=O)Cc1c(C)[nH]c2ccc(OC)cc12)c1nnc(-c2ccc3ccccc3c2)o1. The van der Waals surface area contributed by atoms with Crippen molar-refractivity contribution in [2.24, 2.45) is 0 Å². The van der Waals surface area contributed by atoms with Crippen LogP contribution in [0.2, 0.25) is 0 Å². The van der Waals surface area contributed by atoms with E-state index in [1.165, 1.54) is 0 Å². The highest BCUT2D eigenvalue weighted by molar-refractivity contribution is 5.91. The molecule has 2 amide bonds. The van der Waals surface area contributed by atoms with Gasteiger partial charge in [-0.1, -0.05) is 43.2 Å². The topological polar surface area (TPSA) is 122 Å². The number of carbonyl (C=O) groups is 2. The summed E-state index contributed by atoms with van der Waals surface area (Å²) < 4.78 is 11.5. The molecule has 9 heteroatoms. The van der Waals surface area contributed by atoms with Crippen molar-refractivity contribution in [3.63, 3.8) is 0 Å². The lowest BCUT2D eigenvalue weighted by Gasteiger charge is -2.15. The first-order chi connectivity index (χ1) is 19.9. The van der Waals surface area contributed by atoms with E-state index in [4.69, 9.17) is 9.15 Å². The van der Waals surface area contributed by atoms with Gasteiger partial charge in [0.25, 0.3) is 0 Å². The predicted molar refractivity (Wildman–Crippen MR) is 159 cm³/mol. The van der Waals surface area contributed by atoms with Crippen molar-refractivity contribution in [1.82, 2.24) is 25.8 Å². The van der Waals surface area contributed by atoms with Crippen LogP contribution in [0.4, 0.5) is 0 Å². The van der Waals surface area contributed by atoms with Gasteiger partial charge in [0.2, 0.25) is 23.6 Å². The third-order valence-corrected chi connectivity index (χ3v) is 7.41. The number of aromatic amines is 1. The molecule has 2 heterocycles. The number of hydrogen-bond acceptors (Lipinski definition) is 6. The lowest BCUT2D eigenvalue weighted by molar-refractivity contribution is -0.121. The van der Waals surface area contributed by atoms with E-state index < -0.39 is 6.04 Å². The molecule has 1 atom stereocenters. The predicted octanol–water partition coefficient (Wildman–Crippen LogP) is 5.78. The third-order valence-electron chi connectivity index (χ3n) is 7.41. The van der Waals surface area contributed by atoms with Crippen LogP contribution in [-0.4, -0.2) is 41.2 Å². The van der Waals surface area contributed by atoms with Crippen molar-refractivity contribution in [2.45, 2.75) is 51.5 Å². The number of aryl methyl sites for hydroxylation is 1. The molecule has 9 nitrogen and oxygen atoms in total. The molecule has 0 saturated carbocycles. The maximum absolute atomic E-state index is 13.4. The first kappa shape index (κ1) is 27.9. The highest BCUT2D eigenvalue weighted by Crippen LogP contribution is 2.29. The van der Waals surface area contributed by atoms with Gasteiger partial charge in [-0.05, 0) is 66.4 Å². The van der Waals surface area contributed by atoms with E-state index in [-0.39, 0.29) is 18.2 Å². The number of methoxy groups -OCH3 is 1. The van der Waals surface area contributed by atoms with Gasteiger partial charge in [0.1, 0.15) is 11.8 Å². The first-order valence-corrected chi connectivity index (χ1v) is 13.9. The van der Waals surface area contributed by atoms with E-state index in [0.29, 0.717) is 24.6 Å². The number of carbonyl (C=O) groups excluding carboxylic acids is 2. The molecular weight excluding hydrogens is 518 g/mol. The summed E-state index contributed by atoms with van der Waals surface area (Å²) in [6.07, 6.45) is 3.68. The number of benzene rings is 3. The molecule has 0 aliphatic carbocycles. The highest BCUT2D eigenvalue weighted by atomic mass is 16.5. The van der Waals surface area contributed by atoms with Gasteiger partial charge in [0.15, 0.2) is 0 Å². The summed E-state index contributed by atoms with van der Waals surface area (Å²) in [6.45, 7) is 1.97. The van der Waals surface area contributed by atoms with Gasteiger partial charge < -0.3 is 24.8 Å². The molecule has 0 bridgehead atoms. The van der Waals surface area contributed by atoms with Crippen molar-refractivity contribution in [2.75, 3.05) is 14.2 Å². The number of nitrogens with zero attached hydrogens (tertiary/aromatic N) is 2. The minimum Gasteiger partial charge on any atom is -0.497 e. The van der Waals surface area contributed by atoms with E-state index in [0.717, 1.165) is 63.5 Å². The van der Waals surface area contributed by atoms with E-state index in [9.17, 15) is 9.59 Å². The van der Waals surface area contributed by atoms with E-state index in [1.54, 1.807) is 14.2 Å². The maximum atomic E-state index is 13.4. The van der Waals surface area contributed by atoms with Crippen LogP contribution < -0.4 is 15.4 Å². The van der Waals surface area contributed by atoms with Crippen LogP contribution in [0, 0.1) is 6.92 Å². The zero-order valence-electron chi connectivity index (χ0n) is 23.6. The summed E-state index contributed by atoms with van der Waals surface area (Å²) in [5.74, 6) is 1.39. The second kappa shape index (κ2) is 12.7. The zero-order valence-corrected chi connectivity index (χ0v) is 23.6. The number of rotatable bonds is 12. The van der Waals surface area contributed by atoms with Crippen molar-refractivity contribution < 1.29 is 18.7 Å². The maximum Gasteiger partial charge on any atom is 0.247 e.